The number of halogens is 1. The van der Waals surface area contributed by atoms with Gasteiger partial charge in [0.05, 0.1) is 10.7 Å². The average Bonchev–Trinajstić information content (AvgIpc) is 2.08. The lowest BCUT2D eigenvalue weighted by Crippen LogP contribution is -2.27. The zero-order valence-corrected chi connectivity index (χ0v) is 10.3. The highest BCUT2D eigenvalue weighted by Gasteiger charge is 2.16. The van der Waals surface area contributed by atoms with Crippen molar-refractivity contribution in [3.05, 3.63) is 23.2 Å². The van der Waals surface area contributed by atoms with Crippen molar-refractivity contribution in [2.45, 2.75) is 26.4 Å². The van der Waals surface area contributed by atoms with E-state index in [0.717, 1.165) is 0 Å². The van der Waals surface area contributed by atoms with Gasteiger partial charge in [-0.1, -0.05) is 11.6 Å². The van der Waals surface area contributed by atoms with Crippen LogP contribution < -0.4 is 11.1 Å². The number of nitrogen functional groups attached to an aromatic ring is 1. The van der Waals surface area contributed by atoms with Crippen LogP contribution in [-0.2, 0) is 4.74 Å². The quantitative estimate of drug-likeness (QED) is 0.743. The number of carbonyl (C=O) groups excluding carboxylic acids is 1. The summed E-state index contributed by atoms with van der Waals surface area (Å²) in [7, 11) is 0. The van der Waals surface area contributed by atoms with Crippen molar-refractivity contribution >= 4 is 29.1 Å². The second-order valence-electron chi connectivity index (χ2n) is 4.36. The highest BCUT2D eigenvalue weighted by molar-refractivity contribution is 6.33. The topological polar surface area (TPSA) is 64.3 Å². The number of benzene rings is 1. The molecule has 0 aliphatic carbocycles. The monoisotopic (exact) mass is 242 g/mol. The number of ether oxygens (including phenoxy) is 1. The zero-order valence-electron chi connectivity index (χ0n) is 9.50. The van der Waals surface area contributed by atoms with Gasteiger partial charge < -0.3 is 10.5 Å². The fourth-order valence-electron chi connectivity index (χ4n) is 1.03. The van der Waals surface area contributed by atoms with Gasteiger partial charge in [-0.15, -0.1) is 0 Å². The third-order valence-corrected chi connectivity index (χ3v) is 1.97. The standard InChI is InChI=1S/C11H15ClN2O2/c1-11(2,3)16-10(15)14-7-4-5-9(13)8(12)6-7/h4-6H,13H2,1-3H3,(H,14,15). The third kappa shape index (κ3) is 3.98. The Balaban J connectivity index is 2.67. The number of anilines is 2. The number of amides is 1. The summed E-state index contributed by atoms with van der Waals surface area (Å²) in [6, 6.07) is 4.85. The lowest BCUT2D eigenvalue weighted by atomic mass is 10.2. The highest BCUT2D eigenvalue weighted by atomic mass is 35.5. The molecule has 0 atom stereocenters. The molecule has 1 amide bonds. The van der Waals surface area contributed by atoms with Crippen molar-refractivity contribution in [3.8, 4) is 0 Å². The van der Waals surface area contributed by atoms with Crippen LogP contribution in [0.25, 0.3) is 0 Å². The molecule has 0 fully saturated rings. The first kappa shape index (κ1) is 12.6. The first-order chi connectivity index (χ1) is 7.28. The van der Waals surface area contributed by atoms with Crippen LogP contribution in [0.2, 0.25) is 5.02 Å². The summed E-state index contributed by atoms with van der Waals surface area (Å²) in [5.41, 5.74) is 6.04. The maximum absolute atomic E-state index is 11.4. The summed E-state index contributed by atoms with van der Waals surface area (Å²) in [6.07, 6.45) is -0.520. The molecule has 0 aliphatic heterocycles. The van der Waals surface area contributed by atoms with E-state index in [1.54, 1.807) is 39.0 Å². The van der Waals surface area contributed by atoms with Crippen LogP contribution in [0.5, 0.6) is 0 Å². The second-order valence-corrected chi connectivity index (χ2v) is 4.77. The van der Waals surface area contributed by atoms with Crippen LogP contribution in [0, 0.1) is 0 Å². The van der Waals surface area contributed by atoms with Crippen molar-refractivity contribution in [3.63, 3.8) is 0 Å². The molecular weight excluding hydrogens is 228 g/mol. The summed E-state index contributed by atoms with van der Waals surface area (Å²) in [5, 5.41) is 2.96. The Morgan fingerprint density at radius 2 is 2.06 bits per heavy atom. The van der Waals surface area contributed by atoms with E-state index in [0.29, 0.717) is 16.4 Å². The molecule has 88 valence electrons. The minimum atomic E-state index is -0.526. The first-order valence-electron chi connectivity index (χ1n) is 4.83. The summed E-state index contributed by atoms with van der Waals surface area (Å²) < 4.78 is 5.09. The number of nitrogens with one attached hydrogen (secondary N) is 1. The van der Waals surface area contributed by atoms with Gasteiger partial charge in [-0.3, -0.25) is 5.32 Å². The van der Waals surface area contributed by atoms with Crippen LogP contribution in [0.4, 0.5) is 16.2 Å². The Bertz CT molecular complexity index is 399. The van der Waals surface area contributed by atoms with E-state index < -0.39 is 11.7 Å². The molecule has 0 saturated heterocycles. The molecule has 1 aromatic rings. The van der Waals surface area contributed by atoms with Crippen LogP contribution in [-0.4, -0.2) is 11.7 Å². The summed E-state index contributed by atoms with van der Waals surface area (Å²) in [4.78, 5) is 11.4. The Hall–Kier alpha value is -1.42. The molecule has 0 bridgehead atoms. The van der Waals surface area contributed by atoms with Gasteiger partial charge >= 0.3 is 6.09 Å². The number of rotatable bonds is 1. The molecule has 0 heterocycles. The summed E-state index contributed by atoms with van der Waals surface area (Å²) in [5.74, 6) is 0. The van der Waals surface area contributed by atoms with Gasteiger partial charge in [0.2, 0.25) is 0 Å². The molecule has 3 N–H and O–H groups in total. The minimum absolute atomic E-state index is 0.397. The van der Waals surface area contributed by atoms with Crippen molar-refractivity contribution < 1.29 is 9.53 Å². The molecule has 0 aromatic heterocycles. The van der Waals surface area contributed by atoms with Gasteiger partial charge in [0.15, 0.2) is 0 Å². The fourth-order valence-corrected chi connectivity index (χ4v) is 1.21. The maximum atomic E-state index is 11.4. The van der Waals surface area contributed by atoms with E-state index >= 15 is 0 Å². The van der Waals surface area contributed by atoms with Gasteiger partial charge in [0.1, 0.15) is 5.60 Å². The van der Waals surface area contributed by atoms with Gasteiger partial charge in [-0.2, -0.15) is 0 Å². The van der Waals surface area contributed by atoms with Gasteiger partial charge in [0, 0.05) is 5.69 Å². The van der Waals surface area contributed by atoms with E-state index in [9.17, 15) is 4.79 Å². The Morgan fingerprint density at radius 3 is 2.56 bits per heavy atom. The van der Waals surface area contributed by atoms with E-state index in [4.69, 9.17) is 22.1 Å². The molecule has 16 heavy (non-hydrogen) atoms. The van der Waals surface area contributed by atoms with Gasteiger partial charge in [-0.05, 0) is 39.0 Å². The van der Waals surface area contributed by atoms with Gasteiger partial charge in [0.25, 0.3) is 0 Å². The molecule has 4 nitrogen and oxygen atoms in total. The number of nitrogens with two attached hydrogens (primary N) is 1. The molecular formula is C11H15ClN2O2. The predicted molar refractivity (Wildman–Crippen MR) is 65.7 cm³/mol. The maximum Gasteiger partial charge on any atom is 0.412 e. The van der Waals surface area contributed by atoms with Crippen LogP contribution in [0.3, 0.4) is 0 Å². The lowest BCUT2D eigenvalue weighted by molar-refractivity contribution is 0.0636. The Kier molecular flexibility index (Phi) is 3.65. The van der Waals surface area contributed by atoms with Crippen molar-refractivity contribution in [1.82, 2.24) is 0 Å². The molecule has 0 unspecified atom stereocenters. The largest absolute Gasteiger partial charge is 0.444 e. The average molecular weight is 243 g/mol. The number of carbonyl (C=O) groups is 1. The van der Waals surface area contributed by atoms with E-state index in [2.05, 4.69) is 5.32 Å². The first-order valence-corrected chi connectivity index (χ1v) is 5.21. The highest BCUT2D eigenvalue weighted by Crippen LogP contribution is 2.22. The Labute approximate surface area is 99.7 Å². The predicted octanol–water partition coefficient (Wildman–Crippen LogP) is 3.27. The molecule has 0 aliphatic rings. The van der Waals surface area contributed by atoms with Crippen LogP contribution >= 0.6 is 11.6 Å². The van der Waals surface area contributed by atoms with Crippen molar-refractivity contribution in [2.24, 2.45) is 0 Å². The van der Waals surface area contributed by atoms with Crippen LogP contribution in [0.15, 0.2) is 18.2 Å². The smallest absolute Gasteiger partial charge is 0.412 e. The van der Waals surface area contributed by atoms with E-state index in [1.165, 1.54) is 0 Å². The minimum Gasteiger partial charge on any atom is -0.444 e. The molecule has 1 aromatic carbocycles. The van der Waals surface area contributed by atoms with Crippen molar-refractivity contribution in [1.29, 1.82) is 0 Å². The fraction of sp³-hybridized carbons (Fsp3) is 0.364. The summed E-state index contributed by atoms with van der Waals surface area (Å²) >= 11 is 5.81. The normalized spacial score (nSPS) is 11.0. The zero-order chi connectivity index (χ0) is 12.3. The molecule has 5 heteroatoms. The molecule has 0 radical (unpaired) electrons. The van der Waals surface area contributed by atoms with Gasteiger partial charge in [-0.25, -0.2) is 4.79 Å². The van der Waals surface area contributed by atoms with Crippen LogP contribution in [0.1, 0.15) is 20.8 Å². The molecule has 0 spiro atoms. The number of hydrogen-bond donors (Lipinski definition) is 2. The third-order valence-electron chi connectivity index (χ3n) is 1.65. The lowest BCUT2D eigenvalue weighted by Gasteiger charge is -2.19. The number of hydrogen-bond acceptors (Lipinski definition) is 3. The van der Waals surface area contributed by atoms with E-state index in [-0.39, 0.29) is 0 Å². The van der Waals surface area contributed by atoms with Crippen molar-refractivity contribution in [2.75, 3.05) is 11.1 Å². The van der Waals surface area contributed by atoms with E-state index in [1.807, 2.05) is 0 Å². The molecule has 0 saturated carbocycles. The SMILES string of the molecule is CC(C)(C)OC(=O)Nc1ccc(N)c(Cl)c1. The second kappa shape index (κ2) is 4.61. The molecule has 1 rings (SSSR count). The Morgan fingerprint density at radius 1 is 1.44 bits per heavy atom. The summed E-state index contributed by atoms with van der Waals surface area (Å²) in [6.45, 7) is 5.38.